The second-order valence-electron chi connectivity index (χ2n) is 5.32. The molecule has 0 aliphatic heterocycles. The molecule has 1 heterocycles. The van der Waals surface area contributed by atoms with E-state index in [1.165, 1.54) is 0 Å². The Morgan fingerprint density at radius 3 is 2.70 bits per heavy atom. The van der Waals surface area contributed by atoms with E-state index in [4.69, 9.17) is 9.15 Å². The molecule has 4 nitrogen and oxygen atoms in total. The largest absolute Gasteiger partial charge is 0.494 e. The fourth-order valence-corrected chi connectivity index (χ4v) is 2.53. The van der Waals surface area contributed by atoms with Crippen molar-refractivity contribution in [3.63, 3.8) is 0 Å². The minimum Gasteiger partial charge on any atom is -0.494 e. The number of hydrogen-bond acceptors (Lipinski definition) is 3. The highest BCUT2D eigenvalue weighted by Crippen LogP contribution is 2.28. The summed E-state index contributed by atoms with van der Waals surface area (Å²) in [7, 11) is 0. The van der Waals surface area contributed by atoms with Crippen molar-refractivity contribution < 1.29 is 13.9 Å². The molecule has 1 N–H and O–H groups in total. The van der Waals surface area contributed by atoms with Gasteiger partial charge in [-0.25, -0.2) is 0 Å². The number of ether oxygens (including phenoxy) is 1. The molecule has 0 bridgehead atoms. The van der Waals surface area contributed by atoms with Crippen molar-refractivity contribution in [1.82, 2.24) is 5.32 Å². The minimum atomic E-state index is -0.208. The van der Waals surface area contributed by atoms with Crippen molar-refractivity contribution in [1.29, 1.82) is 0 Å². The maximum absolute atomic E-state index is 12.4. The summed E-state index contributed by atoms with van der Waals surface area (Å²) in [6.07, 6.45) is 0. The first-order valence-electron chi connectivity index (χ1n) is 7.67. The van der Waals surface area contributed by atoms with Crippen molar-refractivity contribution in [2.75, 3.05) is 6.61 Å². The van der Waals surface area contributed by atoms with E-state index in [-0.39, 0.29) is 5.91 Å². The Bertz CT molecular complexity index is 821. The average molecular weight is 309 g/mol. The smallest absolute Gasteiger partial charge is 0.287 e. The van der Waals surface area contributed by atoms with E-state index in [9.17, 15) is 4.79 Å². The van der Waals surface area contributed by atoms with Gasteiger partial charge in [0.15, 0.2) is 5.76 Å². The lowest BCUT2D eigenvalue weighted by atomic mass is 10.1. The molecule has 118 valence electrons. The standard InChI is InChI=1S/C19H19NO3/c1-3-22-15-9-10-17-16(11-15)13(2)18(23-17)19(21)20-12-14-7-5-4-6-8-14/h4-11H,3,12H2,1-2H3,(H,20,21). The van der Waals surface area contributed by atoms with Crippen LogP contribution in [0.3, 0.4) is 0 Å². The number of carbonyl (C=O) groups excluding carboxylic acids is 1. The van der Waals surface area contributed by atoms with Crippen LogP contribution in [0.4, 0.5) is 0 Å². The molecule has 23 heavy (non-hydrogen) atoms. The Labute approximate surface area is 135 Å². The third kappa shape index (κ3) is 3.21. The summed E-state index contributed by atoms with van der Waals surface area (Å²) in [6.45, 7) is 4.90. The lowest BCUT2D eigenvalue weighted by Gasteiger charge is -2.03. The number of amides is 1. The SMILES string of the molecule is CCOc1ccc2oc(C(=O)NCc3ccccc3)c(C)c2c1. The van der Waals surface area contributed by atoms with E-state index < -0.39 is 0 Å². The number of nitrogens with one attached hydrogen (secondary N) is 1. The highest BCUT2D eigenvalue weighted by Gasteiger charge is 2.17. The number of furan rings is 1. The minimum absolute atomic E-state index is 0.208. The summed E-state index contributed by atoms with van der Waals surface area (Å²) in [6, 6.07) is 15.4. The highest BCUT2D eigenvalue weighted by molar-refractivity contribution is 5.99. The lowest BCUT2D eigenvalue weighted by molar-refractivity contribution is 0.0924. The number of benzene rings is 2. The molecule has 1 aromatic heterocycles. The Hall–Kier alpha value is -2.75. The molecule has 0 spiro atoms. The number of fused-ring (bicyclic) bond motifs is 1. The van der Waals surface area contributed by atoms with Crippen LogP contribution in [0.25, 0.3) is 11.0 Å². The number of aryl methyl sites for hydroxylation is 1. The molecule has 0 saturated heterocycles. The van der Waals surface area contributed by atoms with Gasteiger partial charge in [0.1, 0.15) is 11.3 Å². The van der Waals surface area contributed by atoms with Crippen molar-refractivity contribution in [3.05, 3.63) is 65.4 Å². The molecule has 0 fully saturated rings. The van der Waals surface area contributed by atoms with Gasteiger partial charge in [0, 0.05) is 17.5 Å². The van der Waals surface area contributed by atoms with Crippen LogP contribution in [-0.4, -0.2) is 12.5 Å². The lowest BCUT2D eigenvalue weighted by Crippen LogP contribution is -2.22. The summed E-state index contributed by atoms with van der Waals surface area (Å²) < 4.78 is 11.2. The molecule has 2 aromatic carbocycles. The number of rotatable bonds is 5. The van der Waals surface area contributed by atoms with E-state index in [0.717, 1.165) is 22.3 Å². The van der Waals surface area contributed by atoms with Crippen molar-refractivity contribution in [2.24, 2.45) is 0 Å². The maximum Gasteiger partial charge on any atom is 0.287 e. The first-order chi connectivity index (χ1) is 11.2. The van der Waals surface area contributed by atoms with Crippen LogP contribution in [0.1, 0.15) is 28.6 Å². The summed E-state index contributed by atoms with van der Waals surface area (Å²) in [5.74, 6) is 0.922. The molecule has 0 atom stereocenters. The third-order valence-electron chi connectivity index (χ3n) is 3.72. The van der Waals surface area contributed by atoms with Gasteiger partial charge in [-0.3, -0.25) is 4.79 Å². The predicted octanol–water partition coefficient (Wildman–Crippen LogP) is 4.07. The van der Waals surface area contributed by atoms with Gasteiger partial charge < -0.3 is 14.5 Å². The van der Waals surface area contributed by atoms with Gasteiger partial charge in [-0.15, -0.1) is 0 Å². The van der Waals surface area contributed by atoms with Crippen LogP contribution in [0.15, 0.2) is 52.9 Å². The van der Waals surface area contributed by atoms with Crippen LogP contribution in [0, 0.1) is 6.92 Å². The molecular weight excluding hydrogens is 290 g/mol. The van der Waals surface area contributed by atoms with Crippen LogP contribution in [0.5, 0.6) is 5.75 Å². The van der Waals surface area contributed by atoms with E-state index in [0.29, 0.717) is 24.5 Å². The maximum atomic E-state index is 12.4. The molecule has 4 heteroatoms. The molecule has 3 rings (SSSR count). The van der Waals surface area contributed by atoms with Crippen molar-refractivity contribution >= 4 is 16.9 Å². The van der Waals surface area contributed by atoms with Gasteiger partial charge in [-0.05, 0) is 37.6 Å². The fraction of sp³-hybridized carbons (Fsp3) is 0.211. The quantitative estimate of drug-likeness (QED) is 0.773. The van der Waals surface area contributed by atoms with Crippen molar-refractivity contribution in [2.45, 2.75) is 20.4 Å². The van der Waals surface area contributed by atoms with Gasteiger partial charge in [-0.2, -0.15) is 0 Å². The zero-order valence-electron chi connectivity index (χ0n) is 13.3. The molecule has 0 radical (unpaired) electrons. The van der Waals surface area contributed by atoms with E-state index in [1.54, 1.807) is 0 Å². The van der Waals surface area contributed by atoms with E-state index >= 15 is 0 Å². The zero-order valence-corrected chi connectivity index (χ0v) is 13.3. The molecular formula is C19H19NO3. The van der Waals surface area contributed by atoms with Gasteiger partial charge in [0.2, 0.25) is 0 Å². The first kappa shape index (κ1) is 15.2. The monoisotopic (exact) mass is 309 g/mol. The Kier molecular flexibility index (Phi) is 4.33. The molecule has 0 unspecified atom stereocenters. The molecule has 0 saturated carbocycles. The summed E-state index contributed by atoms with van der Waals surface area (Å²) in [5, 5.41) is 3.80. The second kappa shape index (κ2) is 6.57. The van der Waals surface area contributed by atoms with Crippen LogP contribution in [-0.2, 0) is 6.54 Å². The zero-order chi connectivity index (χ0) is 16.2. The Morgan fingerprint density at radius 1 is 1.17 bits per heavy atom. The first-order valence-corrected chi connectivity index (χ1v) is 7.67. The predicted molar refractivity (Wildman–Crippen MR) is 89.7 cm³/mol. The summed E-state index contributed by atoms with van der Waals surface area (Å²) in [5.41, 5.74) is 2.57. The second-order valence-corrected chi connectivity index (χ2v) is 5.32. The molecule has 1 amide bonds. The van der Waals surface area contributed by atoms with Gasteiger partial charge in [-0.1, -0.05) is 30.3 Å². The van der Waals surface area contributed by atoms with Crippen LogP contribution < -0.4 is 10.1 Å². The summed E-state index contributed by atoms with van der Waals surface area (Å²) in [4.78, 5) is 12.4. The van der Waals surface area contributed by atoms with E-state index in [2.05, 4.69) is 5.32 Å². The number of carbonyl (C=O) groups is 1. The molecule has 0 aliphatic carbocycles. The molecule has 3 aromatic rings. The Balaban J connectivity index is 1.81. The van der Waals surface area contributed by atoms with Crippen LogP contribution >= 0.6 is 0 Å². The van der Waals surface area contributed by atoms with E-state index in [1.807, 2.05) is 62.4 Å². The van der Waals surface area contributed by atoms with Crippen LogP contribution in [0.2, 0.25) is 0 Å². The average Bonchev–Trinajstić information content (AvgIpc) is 2.91. The topological polar surface area (TPSA) is 51.5 Å². The number of hydrogen-bond donors (Lipinski definition) is 1. The van der Waals surface area contributed by atoms with Gasteiger partial charge in [0.25, 0.3) is 5.91 Å². The third-order valence-corrected chi connectivity index (χ3v) is 3.72. The highest BCUT2D eigenvalue weighted by atomic mass is 16.5. The van der Waals surface area contributed by atoms with Gasteiger partial charge >= 0.3 is 0 Å². The summed E-state index contributed by atoms with van der Waals surface area (Å²) >= 11 is 0. The van der Waals surface area contributed by atoms with Gasteiger partial charge in [0.05, 0.1) is 6.61 Å². The fourth-order valence-electron chi connectivity index (χ4n) is 2.53. The Morgan fingerprint density at radius 2 is 1.96 bits per heavy atom. The van der Waals surface area contributed by atoms with Crippen molar-refractivity contribution in [3.8, 4) is 5.75 Å². The normalized spacial score (nSPS) is 10.7. The molecule has 0 aliphatic rings.